The van der Waals surface area contributed by atoms with Gasteiger partial charge in [-0.05, 0) is 44.6 Å². The average molecular weight is 261 g/mol. The van der Waals surface area contributed by atoms with Crippen LogP contribution < -0.4 is 5.32 Å². The smallest absolute Gasteiger partial charge is 0.154 e. The molecule has 1 saturated carbocycles. The molecule has 1 rings (SSSR count). The zero-order valence-corrected chi connectivity index (χ0v) is 12.4. The normalized spacial score (nSPS) is 30.8. The van der Waals surface area contributed by atoms with E-state index in [2.05, 4.69) is 19.2 Å². The minimum absolute atomic E-state index is 0.146. The minimum Gasteiger partial charge on any atom is -0.316 e. The molecule has 0 heterocycles. The van der Waals surface area contributed by atoms with E-state index in [1.54, 1.807) is 0 Å². The molecule has 0 amide bonds. The molecule has 3 nitrogen and oxygen atoms in total. The summed E-state index contributed by atoms with van der Waals surface area (Å²) in [6, 6.07) is 0.146. The lowest BCUT2D eigenvalue weighted by molar-refractivity contribution is 0.239. The van der Waals surface area contributed by atoms with Crippen molar-refractivity contribution in [2.75, 3.05) is 12.8 Å². The molecule has 4 heteroatoms. The first-order valence-corrected chi connectivity index (χ1v) is 8.52. The van der Waals surface area contributed by atoms with Crippen LogP contribution in [0.25, 0.3) is 0 Å². The summed E-state index contributed by atoms with van der Waals surface area (Å²) in [6.07, 6.45) is 3.62. The van der Waals surface area contributed by atoms with Crippen LogP contribution in [-0.4, -0.2) is 32.5 Å². The molecule has 3 atom stereocenters. The zero-order valence-electron chi connectivity index (χ0n) is 11.6. The van der Waals surface area contributed by atoms with Crippen LogP contribution in [0.2, 0.25) is 0 Å². The Balaban J connectivity index is 2.76. The van der Waals surface area contributed by atoms with Gasteiger partial charge >= 0.3 is 0 Å². The van der Waals surface area contributed by atoms with E-state index < -0.39 is 9.84 Å². The van der Waals surface area contributed by atoms with Gasteiger partial charge in [0.2, 0.25) is 0 Å². The van der Waals surface area contributed by atoms with Crippen molar-refractivity contribution in [3.8, 4) is 0 Å². The number of sulfone groups is 1. The molecule has 1 fully saturated rings. The van der Waals surface area contributed by atoms with Gasteiger partial charge in [-0.2, -0.15) is 0 Å². The molecule has 0 bridgehead atoms. The summed E-state index contributed by atoms with van der Waals surface area (Å²) < 4.78 is 24.4. The van der Waals surface area contributed by atoms with Crippen LogP contribution in [0.5, 0.6) is 0 Å². The van der Waals surface area contributed by atoms with Crippen LogP contribution in [0.15, 0.2) is 0 Å². The summed E-state index contributed by atoms with van der Waals surface area (Å²) >= 11 is 0. The van der Waals surface area contributed by atoms with Crippen molar-refractivity contribution in [2.45, 2.75) is 57.7 Å². The van der Waals surface area contributed by atoms with Gasteiger partial charge in [0.1, 0.15) is 0 Å². The van der Waals surface area contributed by atoms with Gasteiger partial charge < -0.3 is 5.32 Å². The Hall–Kier alpha value is -0.0900. The molecule has 0 aromatic rings. The molecule has 1 aliphatic rings. The third kappa shape index (κ3) is 3.68. The maximum absolute atomic E-state index is 12.2. The lowest BCUT2D eigenvalue weighted by Gasteiger charge is -2.37. The Morgan fingerprint density at radius 2 is 1.94 bits per heavy atom. The molecule has 0 aliphatic heterocycles. The number of nitrogens with one attached hydrogen (secondary N) is 1. The van der Waals surface area contributed by atoms with Crippen molar-refractivity contribution in [3.05, 3.63) is 0 Å². The molecule has 102 valence electrons. The zero-order chi connectivity index (χ0) is 13.1. The summed E-state index contributed by atoms with van der Waals surface area (Å²) in [5.74, 6) is 1.66. The topological polar surface area (TPSA) is 46.2 Å². The van der Waals surface area contributed by atoms with E-state index in [4.69, 9.17) is 0 Å². The predicted molar refractivity (Wildman–Crippen MR) is 72.9 cm³/mol. The predicted octanol–water partition coefficient (Wildman–Crippen LogP) is 2.22. The Kier molecular flexibility index (Phi) is 5.45. The molecule has 1 aliphatic carbocycles. The standard InChI is InChI=1S/C13H27NO2S/c1-5-8-17(15,16)13-7-6-11(10(2)3)9-12(13)14-4/h10-14H,5-9H2,1-4H3. The van der Waals surface area contributed by atoms with E-state index in [0.717, 1.165) is 25.7 Å². The Bertz CT molecular complexity index is 324. The number of rotatable bonds is 5. The van der Waals surface area contributed by atoms with E-state index in [-0.39, 0.29) is 11.3 Å². The lowest BCUT2D eigenvalue weighted by Crippen LogP contribution is -2.48. The summed E-state index contributed by atoms with van der Waals surface area (Å²) in [5, 5.41) is 3.06. The van der Waals surface area contributed by atoms with Gasteiger partial charge in [-0.25, -0.2) is 8.42 Å². The minimum atomic E-state index is -2.91. The van der Waals surface area contributed by atoms with Crippen LogP contribution in [-0.2, 0) is 9.84 Å². The fourth-order valence-electron chi connectivity index (χ4n) is 2.95. The van der Waals surface area contributed by atoms with Crippen molar-refractivity contribution in [1.29, 1.82) is 0 Å². The first-order valence-electron chi connectivity index (χ1n) is 6.81. The Labute approximate surface area is 106 Å². The van der Waals surface area contributed by atoms with E-state index in [1.165, 1.54) is 0 Å². The highest BCUT2D eigenvalue weighted by molar-refractivity contribution is 7.92. The molecule has 0 radical (unpaired) electrons. The fourth-order valence-corrected chi connectivity index (χ4v) is 5.07. The van der Waals surface area contributed by atoms with E-state index >= 15 is 0 Å². The Morgan fingerprint density at radius 1 is 1.29 bits per heavy atom. The second kappa shape index (κ2) is 6.19. The lowest BCUT2D eigenvalue weighted by atomic mass is 9.79. The molecule has 3 unspecified atom stereocenters. The van der Waals surface area contributed by atoms with Crippen molar-refractivity contribution in [3.63, 3.8) is 0 Å². The number of hydrogen-bond acceptors (Lipinski definition) is 3. The van der Waals surface area contributed by atoms with Gasteiger partial charge in [0.25, 0.3) is 0 Å². The number of hydrogen-bond donors (Lipinski definition) is 1. The van der Waals surface area contributed by atoms with Crippen molar-refractivity contribution >= 4 is 9.84 Å². The largest absolute Gasteiger partial charge is 0.316 e. The maximum Gasteiger partial charge on any atom is 0.154 e. The molecule has 0 aromatic carbocycles. The third-order valence-corrected chi connectivity index (χ3v) is 6.56. The van der Waals surface area contributed by atoms with Crippen LogP contribution in [0.3, 0.4) is 0 Å². The quantitative estimate of drug-likeness (QED) is 0.825. The molecular weight excluding hydrogens is 234 g/mol. The second-order valence-corrected chi connectivity index (χ2v) is 7.96. The van der Waals surface area contributed by atoms with Crippen molar-refractivity contribution < 1.29 is 8.42 Å². The maximum atomic E-state index is 12.2. The van der Waals surface area contributed by atoms with Gasteiger partial charge in [0.05, 0.1) is 11.0 Å². The second-order valence-electron chi connectivity index (χ2n) is 5.62. The summed E-state index contributed by atoms with van der Waals surface area (Å²) in [6.45, 7) is 6.40. The molecule has 0 aromatic heterocycles. The van der Waals surface area contributed by atoms with Gasteiger partial charge in [-0.3, -0.25) is 0 Å². The monoisotopic (exact) mass is 261 g/mol. The van der Waals surface area contributed by atoms with Crippen molar-refractivity contribution in [1.82, 2.24) is 5.32 Å². The summed E-state index contributed by atoms with van der Waals surface area (Å²) in [7, 11) is -1.02. The Morgan fingerprint density at radius 3 is 2.41 bits per heavy atom. The average Bonchev–Trinajstić information content (AvgIpc) is 2.28. The van der Waals surface area contributed by atoms with Crippen molar-refractivity contribution in [2.24, 2.45) is 11.8 Å². The van der Waals surface area contributed by atoms with Gasteiger partial charge in [-0.1, -0.05) is 20.8 Å². The molecule has 0 saturated heterocycles. The summed E-state index contributed by atoms with van der Waals surface area (Å²) in [4.78, 5) is 0. The highest BCUT2D eigenvalue weighted by atomic mass is 32.2. The highest BCUT2D eigenvalue weighted by Gasteiger charge is 2.37. The fraction of sp³-hybridized carbons (Fsp3) is 1.00. The van der Waals surface area contributed by atoms with Gasteiger partial charge in [0, 0.05) is 6.04 Å². The van der Waals surface area contributed by atoms with Gasteiger partial charge in [0.15, 0.2) is 9.84 Å². The summed E-state index contributed by atoms with van der Waals surface area (Å²) in [5.41, 5.74) is 0. The van der Waals surface area contributed by atoms with Crippen LogP contribution in [0, 0.1) is 11.8 Å². The van der Waals surface area contributed by atoms with Crippen LogP contribution in [0.1, 0.15) is 46.5 Å². The molecule has 1 N–H and O–H groups in total. The first kappa shape index (κ1) is 15.0. The SMILES string of the molecule is CCCS(=O)(=O)C1CCC(C(C)C)CC1NC. The third-order valence-electron chi connectivity index (χ3n) is 4.09. The highest BCUT2D eigenvalue weighted by Crippen LogP contribution is 2.33. The van der Waals surface area contributed by atoms with E-state index in [9.17, 15) is 8.42 Å². The molecule has 0 spiro atoms. The first-order chi connectivity index (χ1) is 7.92. The van der Waals surface area contributed by atoms with E-state index in [0.29, 0.717) is 17.6 Å². The van der Waals surface area contributed by atoms with Crippen LogP contribution in [0.4, 0.5) is 0 Å². The van der Waals surface area contributed by atoms with Gasteiger partial charge in [-0.15, -0.1) is 0 Å². The molecular formula is C13H27NO2S. The van der Waals surface area contributed by atoms with E-state index in [1.807, 2.05) is 14.0 Å². The molecule has 17 heavy (non-hydrogen) atoms. The van der Waals surface area contributed by atoms with Crippen LogP contribution >= 0.6 is 0 Å².